The monoisotopic (exact) mass is 374 g/mol. The van der Waals surface area contributed by atoms with Crippen LogP contribution in [0, 0.1) is 5.92 Å². The molecule has 0 atom stereocenters. The number of hydrogen-bond donors (Lipinski definition) is 2. The van der Waals surface area contributed by atoms with Gasteiger partial charge in [-0.2, -0.15) is 0 Å². The van der Waals surface area contributed by atoms with Gasteiger partial charge in [0.1, 0.15) is 11.5 Å². The second-order valence-electron chi connectivity index (χ2n) is 6.26. The number of nitrogens with one attached hydrogen (secondary N) is 2. The van der Waals surface area contributed by atoms with E-state index in [-0.39, 0.29) is 11.6 Å². The maximum Gasteiger partial charge on any atom is 0.275 e. The van der Waals surface area contributed by atoms with Gasteiger partial charge in [-0.05, 0) is 12.3 Å². The van der Waals surface area contributed by atoms with E-state index in [0.29, 0.717) is 34.7 Å². The average molecular weight is 374 g/mol. The summed E-state index contributed by atoms with van der Waals surface area (Å²) in [7, 11) is 4.55. The number of carbonyl (C=O) groups is 1. The Bertz CT molecular complexity index is 738. The molecule has 2 rings (SSSR count). The molecule has 0 fully saturated rings. The lowest BCUT2D eigenvalue weighted by Crippen LogP contribution is -2.15. The molecule has 0 aliphatic carbocycles. The molecule has 8 heteroatoms. The van der Waals surface area contributed by atoms with Gasteiger partial charge >= 0.3 is 0 Å². The molecule has 0 unspecified atom stereocenters. The van der Waals surface area contributed by atoms with E-state index >= 15 is 0 Å². The van der Waals surface area contributed by atoms with Crippen LogP contribution in [0.5, 0.6) is 17.2 Å². The van der Waals surface area contributed by atoms with E-state index in [9.17, 15) is 4.79 Å². The van der Waals surface area contributed by atoms with Gasteiger partial charge in [0.25, 0.3) is 5.91 Å². The Kier molecular flexibility index (Phi) is 7.22. The molecular formula is C19H26N4O4. The number of aromatic nitrogens is 2. The van der Waals surface area contributed by atoms with Crippen molar-refractivity contribution in [3.05, 3.63) is 30.2 Å². The van der Waals surface area contributed by atoms with E-state index in [1.807, 2.05) is 0 Å². The molecule has 1 amide bonds. The Hall–Kier alpha value is -3.03. The highest BCUT2D eigenvalue weighted by Gasteiger charge is 2.16. The van der Waals surface area contributed by atoms with Crippen molar-refractivity contribution < 1.29 is 19.0 Å². The second kappa shape index (κ2) is 9.61. The van der Waals surface area contributed by atoms with Crippen LogP contribution in [0.1, 0.15) is 30.8 Å². The van der Waals surface area contributed by atoms with Crippen LogP contribution >= 0.6 is 0 Å². The van der Waals surface area contributed by atoms with Crippen molar-refractivity contribution in [3.8, 4) is 17.2 Å². The van der Waals surface area contributed by atoms with Gasteiger partial charge in [-0.25, -0.2) is 9.97 Å². The third-order valence-electron chi connectivity index (χ3n) is 3.83. The van der Waals surface area contributed by atoms with Crippen molar-refractivity contribution in [1.82, 2.24) is 9.97 Å². The molecular weight excluding hydrogens is 348 g/mol. The molecule has 0 spiro atoms. The van der Waals surface area contributed by atoms with Gasteiger partial charge in [0.05, 0.1) is 33.7 Å². The fourth-order valence-electron chi connectivity index (χ4n) is 2.37. The van der Waals surface area contributed by atoms with Crippen LogP contribution in [0.25, 0.3) is 0 Å². The van der Waals surface area contributed by atoms with E-state index in [4.69, 9.17) is 14.2 Å². The van der Waals surface area contributed by atoms with Crippen LogP contribution in [0.4, 0.5) is 11.5 Å². The first-order chi connectivity index (χ1) is 13.0. The summed E-state index contributed by atoms with van der Waals surface area (Å²) in [6.45, 7) is 5.12. The molecule has 0 radical (unpaired) electrons. The highest BCUT2D eigenvalue weighted by atomic mass is 16.5. The Morgan fingerprint density at radius 3 is 2.19 bits per heavy atom. The van der Waals surface area contributed by atoms with E-state index < -0.39 is 0 Å². The summed E-state index contributed by atoms with van der Waals surface area (Å²) in [6.07, 6.45) is 4.01. The number of nitrogens with zero attached hydrogens (tertiary/aromatic N) is 2. The quantitative estimate of drug-likeness (QED) is 0.696. The van der Waals surface area contributed by atoms with E-state index in [2.05, 4.69) is 34.4 Å². The summed E-state index contributed by atoms with van der Waals surface area (Å²) in [6, 6.07) is 3.29. The average Bonchev–Trinajstić information content (AvgIpc) is 2.67. The molecule has 2 N–H and O–H groups in total. The lowest BCUT2D eigenvalue weighted by molar-refractivity contribution is 0.102. The maximum absolute atomic E-state index is 12.4. The standard InChI is InChI=1S/C19H26N4O4/c1-12(2)6-7-20-17-11-21-14(10-22-17)19(24)23-13-8-15(25-3)18(27-5)16(9-13)26-4/h8-12H,6-7H2,1-5H3,(H,20,22)(H,23,24). The van der Waals surface area contributed by atoms with Crippen LogP contribution in [0.3, 0.4) is 0 Å². The number of benzene rings is 1. The summed E-state index contributed by atoms with van der Waals surface area (Å²) in [5, 5.41) is 5.94. The van der Waals surface area contributed by atoms with Gasteiger partial charge < -0.3 is 24.8 Å². The molecule has 1 aromatic carbocycles. The van der Waals surface area contributed by atoms with Gasteiger partial charge in [-0.1, -0.05) is 13.8 Å². The molecule has 8 nitrogen and oxygen atoms in total. The molecule has 0 saturated carbocycles. The lowest BCUT2D eigenvalue weighted by atomic mass is 10.1. The number of methoxy groups -OCH3 is 3. The Balaban J connectivity index is 2.08. The van der Waals surface area contributed by atoms with Crippen molar-refractivity contribution in [3.63, 3.8) is 0 Å². The zero-order valence-electron chi connectivity index (χ0n) is 16.3. The third-order valence-corrected chi connectivity index (χ3v) is 3.83. The SMILES string of the molecule is COc1cc(NC(=O)c2cnc(NCCC(C)C)cn2)cc(OC)c1OC. The smallest absolute Gasteiger partial charge is 0.275 e. The van der Waals surface area contributed by atoms with Crippen LogP contribution in [-0.2, 0) is 0 Å². The summed E-state index contributed by atoms with van der Waals surface area (Å²) >= 11 is 0. The molecule has 1 aromatic heterocycles. The molecule has 0 aliphatic rings. The lowest BCUT2D eigenvalue weighted by Gasteiger charge is -2.14. The van der Waals surface area contributed by atoms with Crippen LogP contribution < -0.4 is 24.8 Å². The third kappa shape index (κ3) is 5.47. The minimum absolute atomic E-state index is 0.207. The zero-order valence-corrected chi connectivity index (χ0v) is 16.3. The van der Waals surface area contributed by atoms with Crippen LogP contribution in [0.15, 0.2) is 24.5 Å². The number of rotatable bonds is 9. The second-order valence-corrected chi connectivity index (χ2v) is 6.26. The van der Waals surface area contributed by atoms with Gasteiger partial charge in [0.15, 0.2) is 11.5 Å². The topological polar surface area (TPSA) is 94.6 Å². The number of anilines is 2. The van der Waals surface area contributed by atoms with Gasteiger partial charge in [0, 0.05) is 24.4 Å². The van der Waals surface area contributed by atoms with Crippen molar-refractivity contribution in [2.45, 2.75) is 20.3 Å². The highest BCUT2D eigenvalue weighted by Crippen LogP contribution is 2.39. The first kappa shape index (κ1) is 20.3. The summed E-state index contributed by atoms with van der Waals surface area (Å²) in [5.74, 6) is 2.21. The fourth-order valence-corrected chi connectivity index (χ4v) is 2.37. The largest absolute Gasteiger partial charge is 0.493 e. The van der Waals surface area contributed by atoms with Crippen molar-refractivity contribution >= 4 is 17.4 Å². The molecule has 1 heterocycles. The normalized spacial score (nSPS) is 10.4. The van der Waals surface area contributed by atoms with Crippen LogP contribution in [-0.4, -0.2) is 43.7 Å². The van der Waals surface area contributed by atoms with Crippen molar-refractivity contribution in [2.75, 3.05) is 38.5 Å². The Morgan fingerprint density at radius 1 is 1.04 bits per heavy atom. The van der Waals surface area contributed by atoms with E-state index in [1.165, 1.54) is 27.5 Å². The highest BCUT2D eigenvalue weighted by molar-refractivity contribution is 6.03. The maximum atomic E-state index is 12.4. The summed E-state index contributed by atoms with van der Waals surface area (Å²) in [5.41, 5.74) is 0.702. The number of hydrogen-bond acceptors (Lipinski definition) is 7. The molecule has 0 saturated heterocycles. The van der Waals surface area contributed by atoms with Gasteiger partial charge in [-0.3, -0.25) is 4.79 Å². The van der Waals surface area contributed by atoms with Crippen molar-refractivity contribution in [2.24, 2.45) is 5.92 Å². The fraction of sp³-hybridized carbons (Fsp3) is 0.421. The Morgan fingerprint density at radius 2 is 1.70 bits per heavy atom. The molecule has 27 heavy (non-hydrogen) atoms. The summed E-state index contributed by atoms with van der Waals surface area (Å²) in [4.78, 5) is 20.8. The number of carbonyl (C=O) groups excluding carboxylic acids is 1. The minimum atomic E-state index is -0.384. The predicted octanol–water partition coefficient (Wildman–Crippen LogP) is 3.21. The molecule has 146 valence electrons. The Labute approximate surface area is 159 Å². The van der Waals surface area contributed by atoms with Gasteiger partial charge in [0.2, 0.25) is 5.75 Å². The summed E-state index contributed by atoms with van der Waals surface area (Å²) < 4.78 is 15.8. The molecule has 2 aromatic rings. The predicted molar refractivity (Wildman–Crippen MR) is 104 cm³/mol. The van der Waals surface area contributed by atoms with E-state index in [0.717, 1.165) is 13.0 Å². The number of ether oxygens (including phenoxy) is 3. The molecule has 0 aliphatic heterocycles. The number of amides is 1. The minimum Gasteiger partial charge on any atom is -0.493 e. The first-order valence-corrected chi connectivity index (χ1v) is 8.65. The van der Waals surface area contributed by atoms with Gasteiger partial charge in [-0.15, -0.1) is 0 Å². The zero-order chi connectivity index (χ0) is 19.8. The van der Waals surface area contributed by atoms with Crippen molar-refractivity contribution in [1.29, 1.82) is 0 Å². The van der Waals surface area contributed by atoms with E-state index in [1.54, 1.807) is 18.3 Å². The first-order valence-electron chi connectivity index (χ1n) is 8.65. The molecule has 0 bridgehead atoms. The van der Waals surface area contributed by atoms with Crippen LogP contribution in [0.2, 0.25) is 0 Å².